The lowest BCUT2D eigenvalue weighted by atomic mass is 10.0. The smallest absolute Gasteiger partial charge is 0.255 e. The second kappa shape index (κ2) is 9.02. The number of halogens is 2. The highest BCUT2D eigenvalue weighted by Crippen LogP contribution is 2.42. The van der Waals surface area contributed by atoms with E-state index in [9.17, 15) is 4.79 Å². The lowest BCUT2D eigenvalue weighted by molar-refractivity contribution is -0.0596. The number of hydrogen-bond acceptors (Lipinski definition) is 5. The third-order valence-electron chi connectivity index (χ3n) is 5.72. The van der Waals surface area contributed by atoms with Gasteiger partial charge < -0.3 is 25.1 Å². The maximum atomic E-state index is 12.8. The van der Waals surface area contributed by atoms with E-state index in [1.165, 1.54) is 0 Å². The number of rotatable bonds is 7. The van der Waals surface area contributed by atoms with Gasteiger partial charge in [0.2, 0.25) is 0 Å². The molecule has 1 fully saturated rings. The molecule has 1 aromatic carbocycles. The molecule has 0 bridgehead atoms. The Kier molecular flexibility index (Phi) is 5.95. The van der Waals surface area contributed by atoms with E-state index in [2.05, 4.69) is 20.6 Å². The molecule has 3 aromatic rings. The van der Waals surface area contributed by atoms with Gasteiger partial charge in [0.05, 0.1) is 51.6 Å². The lowest BCUT2D eigenvalue weighted by Gasteiger charge is -2.26. The normalized spacial score (nSPS) is 17.3. The number of fused-ring (bicyclic) bond motifs is 1. The maximum Gasteiger partial charge on any atom is 0.255 e. The zero-order valence-corrected chi connectivity index (χ0v) is 18.7. The van der Waals surface area contributed by atoms with Gasteiger partial charge in [-0.05, 0) is 24.6 Å². The molecule has 7 nitrogen and oxygen atoms in total. The highest BCUT2D eigenvalue weighted by Gasteiger charge is 2.28. The van der Waals surface area contributed by atoms with Crippen molar-refractivity contribution in [3.8, 4) is 17.0 Å². The van der Waals surface area contributed by atoms with Crippen LogP contribution < -0.4 is 15.4 Å². The summed E-state index contributed by atoms with van der Waals surface area (Å²) in [6, 6.07) is 7.21. The zero-order valence-electron chi connectivity index (χ0n) is 17.2. The number of aromatic nitrogens is 2. The molecule has 0 spiro atoms. The Balaban J connectivity index is 1.54. The molecular weight excluding hydrogens is 451 g/mol. The van der Waals surface area contributed by atoms with Gasteiger partial charge >= 0.3 is 0 Å². The van der Waals surface area contributed by atoms with Gasteiger partial charge in [0.25, 0.3) is 5.91 Å². The molecule has 9 heteroatoms. The van der Waals surface area contributed by atoms with Crippen LogP contribution in [0.2, 0.25) is 10.0 Å². The van der Waals surface area contributed by atoms with Gasteiger partial charge in [-0.15, -0.1) is 0 Å². The number of ether oxygens (including phenoxy) is 2. The topological polar surface area (TPSA) is 88.3 Å². The quantitative estimate of drug-likeness (QED) is 0.451. The molecule has 5 rings (SSSR count). The minimum atomic E-state index is -0.145. The summed E-state index contributed by atoms with van der Waals surface area (Å²) in [5.74, 6) is 0.485. The van der Waals surface area contributed by atoms with Crippen molar-refractivity contribution in [1.29, 1.82) is 0 Å². The zero-order chi connectivity index (χ0) is 22.1. The summed E-state index contributed by atoms with van der Waals surface area (Å²) in [5.41, 5.74) is 4.19. The standard InChI is InChI=1S/C23H22Cl2N4O3/c24-15-2-1-3-17(20(15)25)29-22-19-16(5-9-27-23(19)30)28-21(22)14-4-8-26-12-18(14)32-11-7-13-6-10-31-13/h1-4,8,12-13,28-29H,5-7,9-11H2,(H,27,30)/t13-/m1/s1. The number of H-pyrrole nitrogens is 1. The van der Waals surface area contributed by atoms with Crippen molar-refractivity contribution >= 4 is 40.5 Å². The first-order valence-electron chi connectivity index (χ1n) is 10.5. The number of carbonyl (C=O) groups excluding carboxylic acids is 1. The van der Waals surface area contributed by atoms with E-state index in [0.717, 1.165) is 36.4 Å². The number of pyridine rings is 1. The lowest BCUT2D eigenvalue weighted by Crippen LogP contribution is -2.31. The number of benzene rings is 1. The van der Waals surface area contributed by atoms with E-state index in [0.29, 0.717) is 52.3 Å². The van der Waals surface area contributed by atoms with Crippen LogP contribution in [-0.2, 0) is 11.2 Å². The van der Waals surface area contributed by atoms with Gasteiger partial charge in [0.15, 0.2) is 0 Å². The highest BCUT2D eigenvalue weighted by atomic mass is 35.5. The second-order valence-electron chi connectivity index (χ2n) is 7.75. The fraction of sp³-hybridized carbons (Fsp3) is 0.304. The molecule has 32 heavy (non-hydrogen) atoms. The van der Waals surface area contributed by atoms with Crippen LogP contribution in [0.4, 0.5) is 11.4 Å². The molecule has 1 atom stereocenters. The number of amides is 1. The van der Waals surface area contributed by atoms with Crippen molar-refractivity contribution in [3.05, 3.63) is 58.0 Å². The van der Waals surface area contributed by atoms with Gasteiger partial charge in [-0.1, -0.05) is 29.3 Å². The summed E-state index contributed by atoms with van der Waals surface area (Å²) < 4.78 is 11.5. The molecule has 2 aromatic heterocycles. The Morgan fingerprint density at radius 3 is 2.97 bits per heavy atom. The van der Waals surface area contributed by atoms with Crippen LogP contribution in [0.15, 0.2) is 36.7 Å². The van der Waals surface area contributed by atoms with Crippen molar-refractivity contribution in [2.45, 2.75) is 25.4 Å². The minimum absolute atomic E-state index is 0.145. The van der Waals surface area contributed by atoms with Gasteiger partial charge in [-0.3, -0.25) is 9.78 Å². The first kappa shape index (κ1) is 21.1. The number of aromatic amines is 1. The summed E-state index contributed by atoms with van der Waals surface area (Å²) in [4.78, 5) is 20.4. The Morgan fingerprint density at radius 2 is 2.16 bits per heavy atom. The Bertz CT molecular complexity index is 1160. The summed E-state index contributed by atoms with van der Waals surface area (Å²) in [7, 11) is 0. The fourth-order valence-corrected chi connectivity index (χ4v) is 4.30. The van der Waals surface area contributed by atoms with Gasteiger partial charge in [-0.25, -0.2) is 0 Å². The molecule has 1 saturated heterocycles. The van der Waals surface area contributed by atoms with Crippen molar-refractivity contribution in [3.63, 3.8) is 0 Å². The van der Waals surface area contributed by atoms with Crippen molar-refractivity contribution in [2.24, 2.45) is 0 Å². The number of nitrogens with zero attached hydrogens (tertiary/aromatic N) is 1. The van der Waals surface area contributed by atoms with E-state index in [4.69, 9.17) is 32.7 Å². The molecule has 1 amide bonds. The Labute approximate surface area is 195 Å². The molecule has 4 heterocycles. The molecule has 0 unspecified atom stereocenters. The third kappa shape index (κ3) is 4.03. The summed E-state index contributed by atoms with van der Waals surface area (Å²) in [5, 5.41) is 7.06. The van der Waals surface area contributed by atoms with Crippen molar-refractivity contribution in [1.82, 2.24) is 15.3 Å². The first-order chi connectivity index (χ1) is 15.6. The number of nitrogens with one attached hydrogen (secondary N) is 3. The summed E-state index contributed by atoms with van der Waals surface area (Å²) in [6.07, 6.45) is 6.23. The van der Waals surface area contributed by atoms with Crippen molar-refractivity contribution in [2.75, 3.05) is 25.1 Å². The number of anilines is 2. The average molecular weight is 473 g/mol. The van der Waals surface area contributed by atoms with Crippen LogP contribution in [0.25, 0.3) is 11.3 Å². The van der Waals surface area contributed by atoms with Crippen LogP contribution in [-0.4, -0.2) is 41.7 Å². The molecule has 0 aliphatic carbocycles. The molecule has 2 aliphatic rings. The maximum absolute atomic E-state index is 12.8. The molecule has 3 N–H and O–H groups in total. The number of carbonyl (C=O) groups is 1. The van der Waals surface area contributed by atoms with Gasteiger partial charge in [0, 0.05) is 43.4 Å². The van der Waals surface area contributed by atoms with Crippen LogP contribution in [0, 0.1) is 0 Å². The van der Waals surface area contributed by atoms with Crippen LogP contribution >= 0.6 is 23.2 Å². The van der Waals surface area contributed by atoms with E-state index in [-0.39, 0.29) is 12.0 Å². The highest BCUT2D eigenvalue weighted by molar-refractivity contribution is 6.43. The molecule has 0 radical (unpaired) electrons. The fourth-order valence-electron chi connectivity index (χ4n) is 3.96. The predicted octanol–water partition coefficient (Wildman–Crippen LogP) is 4.97. The minimum Gasteiger partial charge on any atom is -0.491 e. The molecular formula is C23H22Cl2N4O3. The van der Waals surface area contributed by atoms with E-state index in [1.807, 2.05) is 12.1 Å². The van der Waals surface area contributed by atoms with Crippen molar-refractivity contribution < 1.29 is 14.3 Å². The average Bonchev–Trinajstić information content (AvgIpc) is 3.13. The van der Waals surface area contributed by atoms with Crippen LogP contribution in [0.5, 0.6) is 5.75 Å². The Morgan fingerprint density at radius 1 is 1.28 bits per heavy atom. The summed E-state index contributed by atoms with van der Waals surface area (Å²) >= 11 is 12.6. The summed E-state index contributed by atoms with van der Waals surface area (Å²) in [6.45, 7) is 1.91. The van der Waals surface area contributed by atoms with Crippen LogP contribution in [0.1, 0.15) is 28.9 Å². The largest absolute Gasteiger partial charge is 0.491 e. The first-order valence-corrected chi connectivity index (χ1v) is 11.3. The van der Waals surface area contributed by atoms with E-state index in [1.54, 1.807) is 24.5 Å². The molecule has 166 valence electrons. The SMILES string of the molecule is O=C1NCCc2[nH]c(-c3ccncc3OCC[C@H]3CCO3)c(Nc3cccc(Cl)c3Cl)c21. The molecule has 2 aliphatic heterocycles. The van der Waals surface area contributed by atoms with Gasteiger partial charge in [0.1, 0.15) is 5.75 Å². The third-order valence-corrected chi connectivity index (χ3v) is 6.54. The predicted molar refractivity (Wildman–Crippen MR) is 124 cm³/mol. The number of hydrogen-bond donors (Lipinski definition) is 3. The monoisotopic (exact) mass is 472 g/mol. The van der Waals surface area contributed by atoms with Gasteiger partial charge in [-0.2, -0.15) is 0 Å². The van der Waals surface area contributed by atoms with Crippen LogP contribution in [0.3, 0.4) is 0 Å². The van der Waals surface area contributed by atoms with E-state index >= 15 is 0 Å². The van der Waals surface area contributed by atoms with E-state index < -0.39 is 0 Å². The second-order valence-corrected chi connectivity index (χ2v) is 8.54. The Hall–Kier alpha value is -2.74. The molecule has 0 saturated carbocycles.